The van der Waals surface area contributed by atoms with E-state index >= 15 is 0 Å². The standard InChI is InChI=1S/C8H12F3N5/c1-4-3-5(8(9,10)11)16-7(13-4)14-6(12-2)15-16/h4-5H,3H2,1-2H3,(H2,12,13,14,15). The highest BCUT2D eigenvalue weighted by atomic mass is 19.4. The number of rotatable bonds is 1. The molecule has 2 heterocycles. The van der Waals surface area contributed by atoms with Crippen LogP contribution in [0.5, 0.6) is 0 Å². The van der Waals surface area contributed by atoms with Gasteiger partial charge in [-0.3, -0.25) is 0 Å². The third kappa shape index (κ3) is 1.79. The van der Waals surface area contributed by atoms with Crippen LogP contribution >= 0.6 is 0 Å². The molecule has 0 aromatic carbocycles. The van der Waals surface area contributed by atoms with Crippen LogP contribution in [0.25, 0.3) is 0 Å². The highest BCUT2D eigenvalue weighted by molar-refractivity contribution is 5.37. The molecule has 0 amide bonds. The van der Waals surface area contributed by atoms with Crippen LogP contribution in [0.15, 0.2) is 0 Å². The normalized spacial score (nSPS) is 24.8. The second-order valence-corrected chi connectivity index (χ2v) is 3.79. The molecule has 1 aliphatic rings. The van der Waals surface area contributed by atoms with Gasteiger partial charge in [0.1, 0.15) is 0 Å². The van der Waals surface area contributed by atoms with E-state index in [4.69, 9.17) is 0 Å². The van der Waals surface area contributed by atoms with Gasteiger partial charge >= 0.3 is 6.18 Å². The van der Waals surface area contributed by atoms with Crippen molar-refractivity contribution in [2.24, 2.45) is 0 Å². The summed E-state index contributed by atoms with van der Waals surface area (Å²) in [5, 5.41) is 9.25. The van der Waals surface area contributed by atoms with Gasteiger partial charge in [0.15, 0.2) is 6.04 Å². The van der Waals surface area contributed by atoms with Gasteiger partial charge in [0.2, 0.25) is 11.9 Å². The first-order valence-corrected chi connectivity index (χ1v) is 4.89. The summed E-state index contributed by atoms with van der Waals surface area (Å²) < 4.78 is 39.2. The minimum atomic E-state index is -4.30. The Hall–Kier alpha value is -1.47. The Balaban J connectivity index is 2.40. The first-order valence-electron chi connectivity index (χ1n) is 4.89. The van der Waals surface area contributed by atoms with E-state index in [1.165, 1.54) is 0 Å². The topological polar surface area (TPSA) is 54.8 Å². The first-order chi connectivity index (χ1) is 7.41. The molecule has 1 aromatic heterocycles. The zero-order chi connectivity index (χ0) is 11.9. The SMILES string of the molecule is CNc1nc2n(n1)C(C(F)(F)F)CC(C)N2. The van der Waals surface area contributed by atoms with Crippen LogP contribution in [0.4, 0.5) is 25.1 Å². The molecule has 2 rings (SSSR count). The van der Waals surface area contributed by atoms with Crippen LogP contribution in [0.3, 0.4) is 0 Å². The zero-order valence-corrected chi connectivity index (χ0v) is 8.84. The predicted molar refractivity (Wildman–Crippen MR) is 52.4 cm³/mol. The average molecular weight is 235 g/mol. The minimum Gasteiger partial charge on any atom is -0.356 e. The Kier molecular flexibility index (Phi) is 2.43. The smallest absolute Gasteiger partial charge is 0.356 e. The van der Waals surface area contributed by atoms with Crippen LogP contribution in [0.2, 0.25) is 0 Å². The fourth-order valence-corrected chi connectivity index (χ4v) is 1.73. The first kappa shape index (κ1) is 11.0. The van der Waals surface area contributed by atoms with Crippen molar-refractivity contribution in [3.8, 4) is 0 Å². The van der Waals surface area contributed by atoms with Gasteiger partial charge in [-0.2, -0.15) is 18.2 Å². The largest absolute Gasteiger partial charge is 0.411 e. The maximum Gasteiger partial charge on any atom is 0.411 e. The number of nitrogens with zero attached hydrogens (tertiary/aromatic N) is 3. The molecule has 90 valence electrons. The van der Waals surface area contributed by atoms with Crippen LogP contribution < -0.4 is 10.6 Å². The lowest BCUT2D eigenvalue weighted by Crippen LogP contribution is -2.38. The molecule has 0 fully saturated rings. The van der Waals surface area contributed by atoms with Crippen molar-refractivity contribution in [3.63, 3.8) is 0 Å². The Morgan fingerprint density at radius 1 is 1.50 bits per heavy atom. The van der Waals surface area contributed by atoms with Crippen molar-refractivity contribution in [2.75, 3.05) is 17.7 Å². The van der Waals surface area contributed by atoms with Gasteiger partial charge in [-0.15, -0.1) is 5.10 Å². The molecule has 0 radical (unpaired) electrons. The van der Waals surface area contributed by atoms with E-state index < -0.39 is 12.2 Å². The average Bonchev–Trinajstić information content (AvgIpc) is 2.57. The van der Waals surface area contributed by atoms with Crippen LogP contribution in [0.1, 0.15) is 19.4 Å². The number of fused-ring (bicyclic) bond motifs is 1. The summed E-state index contributed by atoms with van der Waals surface area (Å²) in [6, 6.07) is -1.87. The molecule has 0 saturated heterocycles. The van der Waals surface area contributed by atoms with Gasteiger partial charge in [-0.1, -0.05) is 0 Å². The second kappa shape index (κ2) is 3.53. The summed E-state index contributed by atoms with van der Waals surface area (Å²) in [5.74, 6) is 0.344. The van der Waals surface area contributed by atoms with E-state index in [0.29, 0.717) is 0 Å². The lowest BCUT2D eigenvalue weighted by molar-refractivity contribution is -0.173. The third-order valence-electron chi connectivity index (χ3n) is 2.48. The van der Waals surface area contributed by atoms with E-state index in [-0.39, 0.29) is 24.4 Å². The number of hydrogen-bond donors (Lipinski definition) is 2. The van der Waals surface area contributed by atoms with Crippen molar-refractivity contribution < 1.29 is 13.2 Å². The fraction of sp³-hybridized carbons (Fsp3) is 0.750. The molecule has 0 bridgehead atoms. The number of hydrogen-bond acceptors (Lipinski definition) is 4. The molecule has 2 atom stereocenters. The molecule has 5 nitrogen and oxygen atoms in total. The monoisotopic (exact) mass is 235 g/mol. The number of alkyl halides is 3. The molecule has 8 heteroatoms. The van der Waals surface area contributed by atoms with Gasteiger partial charge in [-0.05, 0) is 13.3 Å². The Morgan fingerprint density at radius 3 is 2.75 bits per heavy atom. The zero-order valence-electron chi connectivity index (χ0n) is 8.84. The number of anilines is 2. The van der Waals surface area contributed by atoms with Crippen molar-refractivity contribution >= 4 is 11.9 Å². The van der Waals surface area contributed by atoms with E-state index in [9.17, 15) is 13.2 Å². The molecular formula is C8H12F3N5. The third-order valence-corrected chi connectivity index (χ3v) is 2.48. The lowest BCUT2D eigenvalue weighted by Gasteiger charge is -2.30. The summed E-state index contributed by atoms with van der Waals surface area (Å²) in [5.41, 5.74) is 0. The number of halogens is 3. The summed E-state index contributed by atoms with van der Waals surface area (Å²) in [6.07, 6.45) is -4.34. The molecular weight excluding hydrogens is 223 g/mol. The highest BCUT2D eigenvalue weighted by Gasteiger charge is 2.46. The summed E-state index contributed by atoms with van der Waals surface area (Å²) in [4.78, 5) is 3.91. The van der Waals surface area contributed by atoms with Gasteiger partial charge in [-0.25, -0.2) is 4.68 Å². The van der Waals surface area contributed by atoms with Gasteiger partial charge in [0, 0.05) is 13.1 Å². The molecule has 16 heavy (non-hydrogen) atoms. The van der Waals surface area contributed by atoms with E-state index in [2.05, 4.69) is 20.7 Å². The second-order valence-electron chi connectivity index (χ2n) is 3.79. The summed E-state index contributed by atoms with van der Waals surface area (Å²) >= 11 is 0. The van der Waals surface area contributed by atoms with Crippen molar-refractivity contribution in [1.82, 2.24) is 14.8 Å². The Bertz CT molecular complexity index is 386. The summed E-state index contributed by atoms with van der Waals surface area (Å²) in [6.45, 7) is 1.69. The predicted octanol–water partition coefficient (Wildman–Crippen LogP) is 1.63. The van der Waals surface area contributed by atoms with E-state index in [1.54, 1.807) is 14.0 Å². The van der Waals surface area contributed by atoms with Crippen LogP contribution in [0, 0.1) is 0 Å². The minimum absolute atomic E-state index is 0.0387. The van der Waals surface area contributed by atoms with Crippen molar-refractivity contribution in [1.29, 1.82) is 0 Å². The number of aromatic nitrogens is 3. The molecule has 1 aliphatic heterocycles. The van der Waals surface area contributed by atoms with E-state index in [0.717, 1.165) is 4.68 Å². The van der Waals surface area contributed by atoms with E-state index in [1.807, 2.05) is 0 Å². The van der Waals surface area contributed by atoms with Crippen molar-refractivity contribution in [2.45, 2.75) is 31.6 Å². The highest BCUT2D eigenvalue weighted by Crippen LogP contribution is 2.38. The Morgan fingerprint density at radius 2 is 2.19 bits per heavy atom. The summed E-state index contributed by atoms with van der Waals surface area (Å²) in [7, 11) is 1.56. The molecule has 0 spiro atoms. The lowest BCUT2D eigenvalue weighted by atomic mass is 10.1. The van der Waals surface area contributed by atoms with Gasteiger partial charge < -0.3 is 10.6 Å². The van der Waals surface area contributed by atoms with Gasteiger partial charge in [0.25, 0.3) is 0 Å². The number of nitrogens with one attached hydrogen (secondary N) is 2. The quantitative estimate of drug-likeness (QED) is 0.776. The molecule has 1 aromatic rings. The molecule has 0 saturated carbocycles. The van der Waals surface area contributed by atoms with Gasteiger partial charge in [0.05, 0.1) is 0 Å². The molecule has 2 N–H and O–H groups in total. The van der Waals surface area contributed by atoms with Crippen LogP contribution in [-0.4, -0.2) is 34.0 Å². The van der Waals surface area contributed by atoms with Crippen LogP contribution in [-0.2, 0) is 0 Å². The molecule has 0 aliphatic carbocycles. The maximum atomic E-state index is 12.8. The molecule has 2 unspecified atom stereocenters. The fourth-order valence-electron chi connectivity index (χ4n) is 1.73. The van der Waals surface area contributed by atoms with Crippen molar-refractivity contribution in [3.05, 3.63) is 0 Å². The Labute approximate surface area is 90.0 Å². The maximum absolute atomic E-state index is 12.8.